The van der Waals surface area contributed by atoms with E-state index < -0.39 is 56.3 Å². The first-order valence-corrected chi connectivity index (χ1v) is 39.8. The molecule has 0 radical (unpaired) electrons. The van der Waals surface area contributed by atoms with E-state index in [4.69, 9.17) is 23.7 Å². The molecule has 3 heterocycles. The number of amides is 4. The summed E-state index contributed by atoms with van der Waals surface area (Å²) >= 11 is 2.40. The third-order valence-electron chi connectivity index (χ3n) is 20.7. The minimum atomic E-state index is -5.71. The van der Waals surface area contributed by atoms with Gasteiger partial charge in [0.2, 0.25) is 5.75 Å². The number of urea groups is 1. The minimum absolute atomic E-state index is 0.133. The fourth-order valence-electron chi connectivity index (χ4n) is 14.4. The molecule has 0 aromatic heterocycles. The third kappa shape index (κ3) is 19.0. The summed E-state index contributed by atoms with van der Waals surface area (Å²) in [6, 6.07) is 27.7. The molecule has 10 nitrogen and oxygen atoms in total. The second-order valence-corrected chi connectivity index (χ2v) is 31.5. The second-order valence-electron chi connectivity index (χ2n) is 28.6. The summed E-state index contributed by atoms with van der Waals surface area (Å²) in [5.41, 5.74) is -0.926. The molecule has 2 aliphatic carbocycles. The van der Waals surface area contributed by atoms with Crippen LogP contribution in [-0.4, -0.2) is 64.9 Å². The number of carbonyl (C=O) groups excluding carboxylic acids is 3. The second kappa shape index (κ2) is 36.8. The topological polar surface area (TPSA) is 121 Å². The highest BCUT2D eigenvalue weighted by Crippen LogP contribution is 2.75. The van der Waals surface area contributed by atoms with Crippen LogP contribution >= 0.6 is 23.5 Å². The highest BCUT2D eigenvalue weighted by molar-refractivity contribution is 8.14. The van der Waals surface area contributed by atoms with Crippen LogP contribution in [-0.2, 0) is 16.2 Å². The molecule has 5 aromatic carbocycles. The van der Waals surface area contributed by atoms with Crippen molar-refractivity contribution in [2.75, 3.05) is 19.8 Å². The lowest BCUT2D eigenvalue weighted by Crippen LogP contribution is -2.51. The number of carbonyl (C=O) groups is 3. The number of thioether (sulfide) groups is 2. The molecule has 18 heteroatoms. The standard InChI is InChI=1S/C85H104F6N2O8S2/c1-6-9-12-15-18-21-24-27-30-33-48-97-71-54-67(55-72(98-49-34-31-28-25-22-19-16-13-10-7-2)77(71)99-50-35-32-29-26-23-20-17-14-11-8-3)101-65-45-42-62(43-46-65)74-57-70-76-75(83(86,87)85(90,91)84(76,88)89)69-56-73(102-81(69,4)82(70,5)103-74)61-39-36-59(37-40-61)58-100-66-47-44-63-51-60(38-41-64(63)53-66)52-68-78(94)92-80(96)93-79(68)95/h36-47,51-57H,6-35,48-50,58H2,1-5H3,(H2,92,93,94,95,96). The molecular weight excluding hydrogens is 1360 g/mol. The number of benzene rings is 5. The quantitative estimate of drug-likeness (QED) is 0.0169. The molecule has 5 aliphatic rings. The predicted octanol–water partition coefficient (Wildman–Crippen LogP) is 24.8. The van der Waals surface area contributed by atoms with Gasteiger partial charge in [0.05, 0.1) is 29.3 Å². The smallest absolute Gasteiger partial charge is 0.380 e. The van der Waals surface area contributed by atoms with E-state index in [0.29, 0.717) is 80.8 Å². The Kier molecular flexibility index (Phi) is 28.0. The largest absolute Gasteiger partial charge is 0.489 e. The lowest BCUT2D eigenvalue weighted by molar-refractivity contribution is -0.258. The van der Waals surface area contributed by atoms with Gasteiger partial charge in [-0.1, -0.05) is 249 Å². The molecule has 2 N–H and O–H groups in total. The number of barbiturate groups is 1. The fraction of sp³-hybridized carbons (Fsp3) is 0.518. The van der Waals surface area contributed by atoms with Crippen molar-refractivity contribution >= 4 is 68.0 Å². The molecule has 0 bridgehead atoms. The van der Waals surface area contributed by atoms with Crippen molar-refractivity contribution in [3.63, 3.8) is 0 Å². The van der Waals surface area contributed by atoms with E-state index in [1.54, 1.807) is 86.6 Å². The average molecular weight is 1460 g/mol. The van der Waals surface area contributed by atoms with Gasteiger partial charge < -0.3 is 23.7 Å². The number of allylic oxidation sites excluding steroid dienone is 4. The third-order valence-corrected chi connectivity index (χ3v) is 24.0. The zero-order valence-corrected chi connectivity index (χ0v) is 62.5. The Balaban J connectivity index is 0.844. The molecule has 5 aromatic rings. The number of halogens is 6. The molecule has 0 spiro atoms. The summed E-state index contributed by atoms with van der Waals surface area (Å²) in [4.78, 5) is 37.0. The van der Waals surface area contributed by atoms with E-state index in [1.165, 1.54) is 177 Å². The van der Waals surface area contributed by atoms with Crippen LogP contribution < -0.4 is 34.3 Å². The first-order valence-electron chi connectivity index (χ1n) is 38.2. The summed E-state index contributed by atoms with van der Waals surface area (Å²) in [6.45, 7) is 11.7. The molecule has 103 heavy (non-hydrogen) atoms. The van der Waals surface area contributed by atoms with E-state index >= 15 is 26.3 Å². The van der Waals surface area contributed by atoms with Gasteiger partial charge in [0.15, 0.2) is 11.5 Å². The summed E-state index contributed by atoms with van der Waals surface area (Å²) in [6.07, 6.45) is 40.1. The van der Waals surface area contributed by atoms with Crippen molar-refractivity contribution in [3.05, 3.63) is 159 Å². The van der Waals surface area contributed by atoms with Crippen LogP contribution in [0.2, 0.25) is 0 Å². The van der Waals surface area contributed by atoms with Crippen molar-refractivity contribution in [1.82, 2.24) is 10.6 Å². The normalized spacial score (nSPS) is 19.3. The summed E-state index contributed by atoms with van der Waals surface area (Å²) in [5.74, 6) is -14.6. The van der Waals surface area contributed by atoms with Crippen molar-refractivity contribution in [1.29, 1.82) is 0 Å². The van der Waals surface area contributed by atoms with Gasteiger partial charge in [0, 0.05) is 33.1 Å². The number of nitrogens with one attached hydrogen (secondary N) is 2. The van der Waals surface area contributed by atoms with E-state index in [9.17, 15) is 14.4 Å². The molecule has 556 valence electrons. The molecule has 3 aliphatic heterocycles. The zero-order chi connectivity index (χ0) is 73.0. The van der Waals surface area contributed by atoms with E-state index in [2.05, 4.69) is 31.4 Å². The number of unbranched alkanes of at least 4 members (excludes halogenated alkanes) is 27. The predicted molar refractivity (Wildman–Crippen MR) is 406 cm³/mol. The van der Waals surface area contributed by atoms with Crippen LogP contribution in [0.1, 0.15) is 249 Å². The number of hydrogen-bond acceptors (Lipinski definition) is 10. The Morgan fingerprint density at radius 3 is 1.25 bits per heavy atom. The number of hydrogen-bond donors (Lipinski definition) is 2. The summed E-state index contributed by atoms with van der Waals surface area (Å²) in [5, 5.41) is 5.73. The lowest BCUT2D eigenvalue weighted by Gasteiger charge is -2.47. The Morgan fingerprint density at radius 1 is 0.417 bits per heavy atom. The first kappa shape index (κ1) is 78.5. The highest BCUT2D eigenvalue weighted by atomic mass is 32.2. The number of imide groups is 2. The SMILES string of the molecule is CCCCCCCCCCCCOc1cc(Oc2ccc(C3=CC4=C5C(=C6C=C(c7ccc(COc8ccc9cc(C=C%10C(=O)NC(=O)NC%10=O)ccc9c8)cc7)SC6(C)C4(C)S3)C(F)(F)C(F)(F)C5(F)F)cc2)cc(OCCCCCCCCCCCC)c1OCCCCCCCCCCCC. The van der Waals surface area contributed by atoms with Gasteiger partial charge in [0.25, 0.3) is 11.8 Å². The van der Waals surface area contributed by atoms with Crippen molar-refractivity contribution in [2.45, 2.75) is 261 Å². The zero-order valence-electron chi connectivity index (χ0n) is 60.9. The lowest BCUT2D eigenvalue weighted by atomic mass is 9.71. The van der Waals surface area contributed by atoms with Gasteiger partial charge in [-0.25, -0.2) is 4.79 Å². The van der Waals surface area contributed by atoms with Crippen LogP contribution in [0.3, 0.4) is 0 Å². The first-order chi connectivity index (χ1) is 49.7. The number of alkyl halides is 6. The summed E-state index contributed by atoms with van der Waals surface area (Å²) < 4.78 is 128. The average Bonchev–Trinajstić information content (AvgIpc) is 1.49. The maximum Gasteiger partial charge on any atom is 0.380 e. The van der Waals surface area contributed by atoms with Crippen molar-refractivity contribution in [3.8, 4) is 34.5 Å². The Bertz CT molecular complexity index is 3830. The van der Waals surface area contributed by atoms with Crippen LogP contribution in [0.25, 0.3) is 26.7 Å². The Morgan fingerprint density at radius 2 is 0.806 bits per heavy atom. The Hall–Kier alpha value is -7.05. The van der Waals surface area contributed by atoms with Crippen LogP contribution in [0.5, 0.6) is 34.5 Å². The van der Waals surface area contributed by atoms with Gasteiger partial charge >= 0.3 is 23.8 Å². The van der Waals surface area contributed by atoms with Crippen molar-refractivity contribution in [2.24, 2.45) is 0 Å². The number of rotatable bonds is 44. The van der Waals surface area contributed by atoms with E-state index in [-0.39, 0.29) is 23.3 Å². The van der Waals surface area contributed by atoms with E-state index in [1.807, 2.05) is 24.3 Å². The monoisotopic (exact) mass is 1460 g/mol. The van der Waals surface area contributed by atoms with Gasteiger partial charge in [-0.2, -0.15) is 26.3 Å². The molecule has 2 unspecified atom stereocenters. The molecule has 2 fully saturated rings. The van der Waals surface area contributed by atoms with E-state index in [0.717, 1.165) is 74.1 Å². The van der Waals surface area contributed by atoms with Crippen LogP contribution in [0.4, 0.5) is 31.1 Å². The van der Waals surface area contributed by atoms with Gasteiger partial charge in [-0.05, 0) is 126 Å². The molecule has 1 saturated heterocycles. The number of ether oxygens (including phenoxy) is 5. The minimum Gasteiger partial charge on any atom is -0.489 e. The van der Waals surface area contributed by atoms with Crippen LogP contribution in [0, 0.1) is 0 Å². The molecular formula is C85H104F6N2O8S2. The van der Waals surface area contributed by atoms with Crippen LogP contribution in [0.15, 0.2) is 137 Å². The maximum atomic E-state index is 16.5. The Labute approximate surface area is 614 Å². The van der Waals surface area contributed by atoms with Gasteiger partial charge in [-0.3, -0.25) is 20.2 Å². The van der Waals surface area contributed by atoms with Crippen molar-refractivity contribution < 1.29 is 64.4 Å². The van der Waals surface area contributed by atoms with Gasteiger partial charge in [0.1, 0.15) is 29.4 Å². The molecule has 2 atom stereocenters. The number of fused-ring (bicyclic) bond motifs is 5. The maximum absolute atomic E-state index is 16.5. The fourth-order valence-corrected chi connectivity index (χ4v) is 17.6. The molecule has 10 rings (SSSR count). The van der Waals surface area contributed by atoms with Gasteiger partial charge in [-0.15, -0.1) is 23.5 Å². The summed E-state index contributed by atoms with van der Waals surface area (Å²) in [7, 11) is 0. The highest BCUT2D eigenvalue weighted by Gasteiger charge is 2.84. The molecule has 1 saturated carbocycles. The molecule has 4 amide bonds.